The molecule has 0 fully saturated rings. The van der Waals surface area contributed by atoms with E-state index in [1.807, 2.05) is 32.0 Å². The van der Waals surface area contributed by atoms with Gasteiger partial charge in [0.25, 0.3) is 5.91 Å². The Morgan fingerprint density at radius 2 is 1.94 bits per heavy atom. The molecule has 0 saturated heterocycles. The van der Waals surface area contributed by atoms with Crippen molar-refractivity contribution < 1.29 is 9.53 Å². The standard InChI is InChI=1S/C14H22N2O2/c1-11-4-5-13(10-12(11)2)14(17)16-7-6-15-8-9-18-3/h4-5,10,15H,6-9H2,1-3H3,(H,16,17). The first-order valence-corrected chi connectivity index (χ1v) is 6.20. The molecule has 4 heteroatoms. The summed E-state index contributed by atoms with van der Waals surface area (Å²) in [6, 6.07) is 5.75. The van der Waals surface area contributed by atoms with E-state index in [9.17, 15) is 4.79 Å². The number of ether oxygens (including phenoxy) is 1. The highest BCUT2D eigenvalue weighted by Gasteiger charge is 2.05. The van der Waals surface area contributed by atoms with Gasteiger partial charge in [0, 0.05) is 32.3 Å². The molecular weight excluding hydrogens is 228 g/mol. The van der Waals surface area contributed by atoms with Crippen molar-refractivity contribution in [2.75, 3.05) is 33.4 Å². The molecule has 0 bridgehead atoms. The zero-order valence-corrected chi connectivity index (χ0v) is 11.4. The first-order valence-electron chi connectivity index (χ1n) is 6.20. The fourth-order valence-corrected chi connectivity index (χ4v) is 1.55. The summed E-state index contributed by atoms with van der Waals surface area (Å²) in [5.74, 6) is -0.0216. The SMILES string of the molecule is COCCNCCNC(=O)c1ccc(C)c(C)c1. The van der Waals surface area contributed by atoms with Gasteiger partial charge in [0.1, 0.15) is 0 Å². The first-order chi connectivity index (χ1) is 8.65. The van der Waals surface area contributed by atoms with E-state index in [2.05, 4.69) is 10.6 Å². The van der Waals surface area contributed by atoms with Crippen molar-refractivity contribution in [3.8, 4) is 0 Å². The van der Waals surface area contributed by atoms with Crippen molar-refractivity contribution in [3.05, 3.63) is 34.9 Å². The molecule has 4 nitrogen and oxygen atoms in total. The Labute approximate surface area is 109 Å². The molecule has 1 aromatic carbocycles. The Morgan fingerprint density at radius 3 is 2.61 bits per heavy atom. The molecule has 1 amide bonds. The van der Waals surface area contributed by atoms with Gasteiger partial charge in [-0.25, -0.2) is 0 Å². The van der Waals surface area contributed by atoms with Crippen LogP contribution in [0, 0.1) is 13.8 Å². The van der Waals surface area contributed by atoms with Gasteiger partial charge >= 0.3 is 0 Å². The highest BCUT2D eigenvalue weighted by Crippen LogP contribution is 2.09. The lowest BCUT2D eigenvalue weighted by atomic mass is 10.1. The topological polar surface area (TPSA) is 50.4 Å². The normalized spacial score (nSPS) is 10.4. The van der Waals surface area contributed by atoms with E-state index in [0.29, 0.717) is 13.2 Å². The van der Waals surface area contributed by atoms with E-state index >= 15 is 0 Å². The van der Waals surface area contributed by atoms with Crippen molar-refractivity contribution in [2.24, 2.45) is 0 Å². The maximum absolute atomic E-state index is 11.8. The van der Waals surface area contributed by atoms with Crippen LogP contribution in [-0.2, 0) is 4.74 Å². The minimum atomic E-state index is -0.0216. The minimum Gasteiger partial charge on any atom is -0.383 e. The van der Waals surface area contributed by atoms with Crippen LogP contribution in [0.15, 0.2) is 18.2 Å². The fourth-order valence-electron chi connectivity index (χ4n) is 1.55. The van der Waals surface area contributed by atoms with Crippen LogP contribution in [0.5, 0.6) is 0 Å². The van der Waals surface area contributed by atoms with Gasteiger partial charge in [-0.3, -0.25) is 4.79 Å². The number of nitrogens with one attached hydrogen (secondary N) is 2. The average molecular weight is 250 g/mol. The molecule has 0 atom stereocenters. The molecule has 0 unspecified atom stereocenters. The number of benzene rings is 1. The highest BCUT2D eigenvalue weighted by atomic mass is 16.5. The highest BCUT2D eigenvalue weighted by molar-refractivity contribution is 5.94. The van der Waals surface area contributed by atoms with Gasteiger partial charge in [-0.05, 0) is 37.1 Å². The number of carbonyl (C=O) groups excluding carboxylic acids is 1. The lowest BCUT2D eigenvalue weighted by molar-refractivity contribution is 0.0953. The molecule has 2 N–H and O–H groups in total. The summed E-state index contributed by atoms with van der Waals surface area (Å²) in [7, 11) is 1.67. The molecule has 1 aromatic rings. The predicted octanol–water partition coefficient (Wildman–Crippen LogP) is 1.27. The second kappa shape index (κ2) is 7.84. The lowest BCUT2D eigenvalue weighted by Crippen LogP contribution is -2.33. The van der Waals surface area contributed by atoms with Crippen molar-refractivity contribution in [2.45, 2.75) is 13.8 Å². The van der Waals surface area contributed by atoms with E-state index < -0.39 is 0 Å². The molecule has 0 saturated carbocycles. The van der Waals surface area contributed by atoms with Gasteiger partial charge in [0.05, 0.1) is 6.61 Å². The van der Waals surface area contributed by atoms with Gasteiger partial charge in [0.2, 0.25) is 0 Å². The molecule has 0 aliphatic heterocycles. The van der Waals surface area contributed by atoms with Crippen LogP contribution in [0.1, 0.15) is 21.5 Å². The van der Waals surface area contributed by atoms with Crippen LogP contribution in [0.25, 0.3) is 0 Å². The Kier molecular flexibility index (Phi) is 6.39. The molecule has 0 aliphatic carbocycles. The number of rotatable bonds is 7. The van der Waals surface area contributed by atoms with E-state index in [1.165, 1.54) is 5.56 Å². The number of carbonyl (C=O) groups is 1. The van der Waals surface area contributed by atoms with Crippen molar-refractivity contribution in [3.63, 3.8) is 0 Å². The summed E-state index contributed by atoms with van der Waals surface area (Å²) >= 11 is 0. The van der Waals surface area contributed by atoms with Gasteiger partial charge < -0.3 is 15.4 Å². The summed E-state index contributed by atoms with van der Waals surface area (Å²) < 4.78 is 4.91. The van der Waals surface area contributed by atoms with Crippen molar-refractivity contribution in [1.82, 2.24) is 10.6 Å². The predicted molar refractivity (Wildman–Crippen MR) is 73.0 cm³/mol. The molecular formula is C14H22N2O2. The number of amides is 1. The molecule has 100 valence electrons. The number of aryl methyl sites for hydroxylation is 2. The maximum Gasteiger partial charge on any atom is 0.251 e. The number of hydrogen-bond donors (Lipinski definition) is 2. The Hall–Kier alpha value is -1.39. The summed E-state index contributed by atoms with van der Waals surface area (Å²) in [5, 5.41) is 6.05. The molecule has 0 heterocycles. The third kappa shape index (κ3) is 4.85. The van der Waals surface area contributed by atoms with E-state index in [1.54, 1.807) is 7.11 Å². The first kappa shape index (κ1) is 14.7. The molecule has 0 aliphatic rings. The van der Waals surface area contributed by atoms with Crippen LogP contribution in [0.4, 0.5) is 0 Å². The van der Waals surface area contributed by atoms with Gasteiger partial charge in [-0.1, -0.05) is 6.07 Å². The second-order valence-corrected chi connectivity index (χ2v) is 4.30. The Balaban J connectivity index is 2.30. The monoisotopic (exact) mass is 250 g/mol. The van der Waals surface area contributed by atoms with Crippen LogP contribution in [-0.4, -0.2) is 39.3 Å². The maximum atomic E-state index is 11.8. The minimum absolute atomic E-state index is 0.0216. The zero-order valence-electron chi connectivity index (χ0n) is 11.4. The average Bonchev–Trinajstić information content (AvgIpc) is 2.36. The lowest BCUT2D eigenvalue weighted by Gasteiger charge is -2.08. The quantitative estimate of drug-likeness (QED) is 0.717. The second-order valence-electron chi connectivity index (χ2n) is 4.30. The van der Waals surface area contributed by atoms with Crippen molar-refractivity contribution in [1.29, 1.82) is 0 Å². The van der Waals surface area contributed by atoms with Crippen LogP contribution >= 0.6 is 0 Å². The molecule has 0 radical (unpaired) electrons. The van der Waals surface area contributed by atoms with E-state index in [-0.39, 0.29) is 5.91 Å². The van der Waals surface area contributed by atoms with Gasteiger partial charge in [-0.15, -0.1) is 0 Å². The van der Waals surface area contributed by atoms with Crippen LogP contribution < -0.4 is 10.6 Å². The summed E-state index contributed by atoms with van der Waals surface area (Å²) in [4.78, 5) is 11.8. The summed E-state index contributed by atoms with van der Waals surface area (Å²) in [6.07, 6.45) is 0. The molecule has 0 spiro atoms. The molecule has 18 heavy (non-hydrogen) atoms. The van der Waals surface area contributed by atoms with Crippen molar-refractivity contribution >= 4 is 5.91 Å². The van der Waals surface area contributed by atoms with Crippen LogP contribution in [0.2, 0.25) is 0 Å². The smallest absolute Gasteiger partial charge is 0.251 e. The Bertz CT molecular complexity index is 391. The largest absolute Gasteiger partial charge is 0.383 e. The zero-order chi connectivity index (χ0) is 13.4. The number of methoxy groups -OCH3 is 1. The van der Waals surface area contributed by atoms with Gasteiger partial charge in [-0.2, -0.15) is 0 Å². The number of hydrogen-bond acceptors (Lipinski definition) is 3. The Morgan fingerprint density at radius 1 is 1.17 bits per heavy atom. The molecule has 0 aromatic heterocycles. The van der Waals surface area contributed by atoms with E-state index in [4.69, 9.17) is 4.74 Å². The van der Waals surface area contributed by atoms with Crippen LogP contribution in [0.3, 0.4) is 0 Å². The summed E-state index contributed by atoms with van der Waals surface area (Å²) in [5.41, 5.74) is 3.06. The van der Waals surface area contributed by atoms with E-state index in [0.717, 1.165) is 24.2 Å². The summed E-state index contributed by atoms with van der Waals surface area (Å²) in [6.45, 7) is 6.91. The third-order valence-corrected chi connectivity index (χ3v) is 2.84. The third-order valence-electron chi connectivity index (χ3n) is 2.84. The fraction of sp³-hybridized carbons (Fsp3) is 0.500. The molecule has 1 rings (SSSR count). The van der Waals surface area contributed by atoms with Gasteiger partial charge in [0.15, 0.2) is 0 Å².